The summed E-state index contributed by atoms with van der Waals surface area (Å²) in [6.45, 7) is 9.56. The molecule has 0 unspecified atom stereocenters. The highest BCUT2D eigenvalue weighted by Gasteiger charge is 2.25. The fourth-order valence-electron chi connectivity index (χ4n) is 4.54. The fourth-order valence-corrected chi connectivity index (χ4v) is 5.42. The number of aromatic nitrogens is 5. The predicted molar refractivity (Wildman–Crippen MR) is 148 cm³/mol. The fraction of sp³-hybridized carbons (Fsp3) is 0.185. The number of nitrogens with two attached hydrogens (primary N) is 1. The van der Waals surface area contributed by atoms with Crippen LogP contribution in [0.5, 0.6) is 0 Å². The maximum absolute atomic E-state index is 5.95. The largest absolute Gasteiger partial charge is 0.353 e. The molecule has 180 valence electrons. The molecule has 0 aliphatic carbocycles. The van der Waals surface area contributed by atoms with Crippen molar-refractivity contribution in [2.24, 2.45) is 10.7 Å². The second kappa shape index (κ2) is 8.85. The minimum atomic E-state index is 0.183. The number of aromatic amines is 2. The lowest BCUT2D eigenvalue weighted by Crippen LogP contribution is -2.57. The van der Waals surface area contributed by atoms with Gasteiger partial charge in [0, 0.05) is 46.5 Å². The van der Waals surface area contributed by atoms with E-state index >= 15 is 0 Å². The smallest absolute Gasteiger partial charge is 0.128 e. The van der Waals surface area contributed by atoms with E-state index in [1.807, 2.05) is 31.3 Å². The van der Waals surface area contributed by atoms with E-state index in [0.29, 0.717) is 0 Å². The Morgan fingerprint density at radius 3 is 2.72 bits per heavy atom. The van der Waals surface area contributed by atoms with Crippen molar-refractivity contribution in [1.29, 1.82) is 0 Å². The van der Waals surface area contributed by atoms with Crippen LogP contribution in [0, 0.1) is 6.92 Å². The molecular formula is C27H26N8S. The average Bonchev–Trinajstić information content (AvgIpc) is 3.60. The summed E-state index contributed by atoms with van der Waals surface area (Å²) in [6, 6.07) is 10.6. The van der Waals surface area contributed by atoms with Gasteiger partial charge in [-0.05, 0) is 50.3 Å². The van der Waals surface area contributed by atoms with Crippen LogP contribution >= 0.6 is 11.3 Å². The van der Waals surface area contributed by atoms with Crippen molar-refractivity contribution in [3.05, 3.63) is 72.0 Å². The third-order valence-corrected chi connectivity index (χ3v) is 7.42. The van der Waals surface area contributed by atoms with Crippen LogP contribution < -0.4 is 5.73 Å². The Labute approximate surface area is 212 Å². The van der Waals surface area contributed by atoms with Crippen molar-refractivity contribution in [2.75, 3.05) is 13.1 Å². The van der Waals surface area contributed by atoms with Gasteiger partial charge in [-0.15, -0.1) is 11.3 Å². The monoisotopic (exact) mass is 494 g/mol. The third kappa shape index (κ3) is 3.82. The Hall–Kier alpha value is -4.08. The lowest BCUT2D eigenvalue weighted by Gasteiger charge is -2.38. The highest BCUT2D eigenvalue weighted by atomic mass is 32.1. The van der Waals surface area contributed by atoms with E-state index in [1.54, 1.807) is 23.6 Å². The number of likely N-dealkylation sites (tertiary alicyclic amines) is 1. The Balaban J connectivity index is 1.41. The number of nitrogens with zero attached hydrogens (tertiary/aromatic N) is 5. The number of aliphatic imine (C=N–C) groups is 1. The summed E-state index contributed by atoms with van der Waals surface area (Å²) >= 11 is 1.74. The Kier molecular flexibility index (Phi) is 5.50. The van der Waals surface area contributed by atoms with Crippen LogP contribution in [0.25, 0.3) is 49.5 Å². The molecule has 5 aromatic rings. The SMILES string of the molecule is C=CC(=N/C(=C\C)c1cc2c(-c3cc4c(-c5ccc(C)s5)nccc4[nH]3)n[nH]c2cn1)N1CC(N)C1. The van der Waals surface area contributed by atoms with Gasteiger partial charge >= 0.3 is 0 Å². The summed E-state index contributed by atoms with van der Waals surface area (Å²) in [6.07, 6.45) is 7.37. The molecule has 0 radical (unpaired) electrons. The highest BCUT2D eigenvalue weighted by Crippen LogP contribution is 2.35. The molecule has 1 saturated heterocycles. The van der Waals surface area contributed by atoms with Crippen molar-refractivity contribution >= 4 is 44.7 Å². The van der Waals surface area contributed by atoms with E-state index in [2.05, 4.69) is 61.8 Å². The van der Waals surface area contributed by atoms with Crippen LogP contribution in [0.1, 0.15) is 17.5 Å². The number of rotatable bonds is 5. The van der Waals surface area contributed by atoms with Crippen LogP contribution in [0.15, 0.2) is 66.4 Å². The summed E-state index contributed by atoms with van der Waals surface area (Å²) in [4.78, 5) is 22.2. The highest BCUT2D eigenvalue weighted by molar-refractivity contribution is 7.15. The summed E-state index contributed by atoms with van der Waals surface area (Å²) in [7, 11) is 0. The van der Waals surface area contributed by atoms with E-state index in [0.717, 1.165) is 74.1 Å². The quantitative estimate of drug-likeness (QED) is 0.232. The lowest BCUT2D eigenvalue weighted by molar-refractivity contribution is 0.256. The minimum absolute atomic E-state index is 0.183. The first-order valence-electron chi connectivity index (χ1n) is 11.8. The second-order valence-electron chi connectivity index (χ2n) is 8.91. The molecule has 36 heavy (non-hydrogen) atoms. The third-order valence-electron chi connectivity index (χ3n) is 6.41. The number of allylic oxidation sites excluding steroid dienone is 1. The van der Waals surface area contributed by atoms with E-state index in [9.17, 15) is 0 Å². The zero-order chi connectivity index (χ0) is 24.8. The maximum Gasteiger partial charge on any atom is 0.128 e. The van der Waals surface area contributed by atoms with Crippen LogP contribution in [-0.2, 0) is 0 Å². The normalized spacial score (nSPS) is 15.1. The van der Waals surface area contributed by atoms with Crippen molar-refractivity contribution in [2.45, 2.75) is 19.9 Å². The lowest BCUT2D eigenvalue weighted by atomic mass is 10.1. The summed E-state index contributed by atoms with van der Waals surface area (Å²) < 4.78 is 0. The molecule has 5 aromatic heterocycles. The minimum Gasteiger partial charge on any atom is -0.353 e. The first-order valence-corrected chi connectivity index (χ1v) is 12.6. The molecule has 1 fully saturated rings. The number of pyridine rings is 2. The molecule has 1 aliphatic heterocycles. The summed E-state index contributed by atoms with van der Waals surface area (Å²) in [5.74, 6) is 0.804. The van der Waals surface area contributed by atoms with Crippen LogP contribution in [0.4, 0.5) is 0 Å². The molecule has 0 amide bonds. The van der Waals surface area contributed by atoms with E-state index in [1.165, 1.54) is 4.88 Å². The number of nitrogens with one attached hydrogen (secondary N) is 2. The average molecular weight is 495 g/mol. The molecule has 0 atom stereocenters. The number of hydrogen-bond acceptors (Lipinski definition) is 6. The Morgan fingerprint density at radius 2 is 2.00 bits per heavy atom. The standard InChI is InChI=1S/C27H26N8S/c1-4-19(32-25(5-2)35-13-16(28)14-35)21-10-18-23(12-30-21)33-34-26(18)22-11-17-20(31-22)8-9-29-27(17)24-7-6-15(3)36-24/h4-12,16,31H,2,13-14,28H2,1,3H3,(H,33,34)/b19-4-,32-25?. The Bertz CT molecular complexity index is 1660. The predicted octanol–water partition coefficient (Wildman–Crippen LogP) is 5.13. The van der Waals surface area contributed by atoms with Crippen molar-refractivity contribution in [1.82, 2.24) is 30.0 Å². The summed E-state index contributed by atoms with van der Waals surface area (Å²) in [5, 5.41) is 9.78. The molecule has 6 heterocycles. The summed E-state index contributed by atoms with van der Waals surface area (Å²) in [5.41, 5.74) is 12.1. The van der Waals surface area contributed by atoms with Crippen LogP contribution in [-0.4, -0.2) is 55.0 Å². The molecule has 0 spiro atoms. The molecule has 4 N–H and O–H groups in total. The number of hydrogen-bond donors (Lipinski definition) is 3. The van der Waals surface area contributed by atoms with Crippen LogP contribution in [0.2, 0.25) is 0 Å². The van der Waals surface area contributed by atoms with Gasteiger partial charge in [0.15, 0.2) is 0 Å². The molecule has 0 bridgehead atoms. The molecule has 6 rings (SSSR count). The first-order chi connectivity index (χ1) is 17.5. The number of amidine groups is 1. The van der Waals surface area contributed by atoms with E-state index in [4.69, 9.17) is 10.7 Å². The Morgan fingerprint density at radius 1 is 1.17 bits per heavy atom. The van der Waals surface area contributed by atoms with Crippen molar-refractivity contribution in [3.8, 4) is 22.0 Å². The molecular weight excluding hydrogens is 468 g/mol. The first kappa shape index (κ1) is 22.4. The molecule has 8 nitrogen and oxygen atoms in total. The van der Waals surface area contributed by atoms with Gasteiger partial charge in [0.25, 0.3) is 0 Å². The van der Waals surface area contributed by atoms with Gasteiger partial charge in [0.05, 0.1) is 39.4 Å². The van der Waals surface area contributed by atoms with Gasteiger partial charge < -0.3 is 15.6 Å². The zero-order valence-corrected chi connectivity index (χ0v) is 20.9. The molecule has 1 aliphatic rings. The zero-order valence-electron chi connectivity index (χ0n) is 20.1. The second-order valence-corrected chi connectivity index (χ2v) is 10.2. The van der Waals surface area contributed by atoms with E-state index < -0.39 is 0 Å². The van der Waals surface area contributed by atoms with Gasteiger partial charge in [0.1, 0.15) is 11.5 Å². The number of thiophene rings is 1. The van der Waals surface area contributed by atoms with Gasteiger partial charge in [-0.3, -0.25) is 15.1 Å². The van der Waals surface area contributed by atoms with Gasteiger partial charge in [-0.1, -0.05) is 12.7 Å². The molecule has 0 saturated carbocycles. The number of aryl methyl sites for hydroxylation is 1. The molecule has 0 aromatic carbocycles. The van der Waals surface area contributed by atoms with E-state index in [-0.39, 0.29) is 6.04 Å². The number of H-pyrrole nitrogens is 2. The van der Waals surface area contributed by atoms with Crippen molar-refractivity contribution < 1.29 is 0 Å². The maximum atomic E-state index is 5.95. The van der Waals surface area contributed by atoms with Gasteiger partial charge in [-0.25, -0.2) is 4.99 Å². The van der Waals surface area contributed by atoms with Crippen LogP contribution in [0.3, 0.4) is 0 Å². The number of fused-ring (bicyclic) bond motifs is 2. The molecule has 9 heteroatoms. The topological polar surface area (TPSA) is 112 Å². The van der Waals surface area contributed by atoms with Gasteiger partial charge in [-0.2, -0.15) is 5.10 Å². The van der Waals surface area contributed by atoms with Crippen molar-refractivity contribution in [3.63, 3.8) is 0 Å². The van der Waals surface area contributed by atoms with Gasteiger partial charge in [0.2, 0.25) is 0 Å².